The van der Waals surface area contributed by atoms with Gasteiger partial charge < -0.3 is 15.2 Å². The van der Waals surface area contributed by atoms with Gasteiger partial charge >= 0.3 is 6.09 Å². The molecule has 1 heterocycles. The van der Waals surface area contributed by atoms with Crippen molar-refractivity contribution >= 4 is 17.4 Å². The predicted octanol–water partition coefficient (Wildman–Crippen LogP) is 3.44. The van der Waals surface area contributed by atoms with E-state index in [2.05, 4.69) is 30.7 Å². The largest absolute Gasteiger partial charge is 0.439 e. The first-order valence-corrected chi connectivity index (χ1v) is 7.91. The quantitative estimate of drug-likeness (QED) is 0.757. The molecule has 2 N–H and O–H groups in total. The van der Waals surface area contributed by atoms with E-state index in [0.29, 0.717) is 23.0 Å². The molecule has 0 aliphatic heterocycles. The van der Waals surface area contributed by atoms with Gasteiger partial charge in [0.15, 0.2) is 6.10 Å². The molecule has 1 aromatic rings. The number of carbonyl (C=O) groups is 1. The molecule has 21 heavy (non-hydrogen) atoms. The maximum absolute atomic E-state index is 11.5. The fourth-order valence-electron chi connectivity index (χ4n) is 1.80. The van der Waals surface area contributed by atoms with Gasteiger partial charge in [0.1, 0.15) is 11.1 Å². The number of hydrogen-bond acceptors (Lipinski definition) is 5. The van der Waals surface area contributed by atoms with Gasteiger partial charge in [-0.1, -0.05) is 26.8 Å². The zero-order valence-electron chi connectivity index (χ0n) is 13.0. The number of aliphatic hydroxyl groups excluding tert-OH is 1. The van der Waals surface area contributed by atoms with E-state index in [1.807, 2.05) is 6.92 Å². The molecule has 0 aliphatic carbocycles. The molecule has 1 amide bonds. The Bertz CT molecular complexity index is 473. The van der Waals surface area contributed by atoms with Gasteiger partial charge in [-0.3, -0.25) is 0 Å². The second-order valence-electron chi connectivity index (χ2n) is 5.42. The molecule has 1 rings (SSSR count). The van der Waals surface area contributed by atoms with E-state index in [1.54, 1.807) is 11.5 Å². The molecule has 0 spiro atoms. The van der Waals surface area contributed by atoms with Crippen molar-refractivity contribution < 1.29 is 14.6 Å². The van der Waals surface area contributed by atoms with E-state index in [-0.39, 0.29) is 5.92 Å². The minimum Gasteiger partial charge on any atom is -0.439 e. The second-order valence-corrected chi connectivity index (χ2v) is 6.31. The van der Waals surface area contributed by atoms with Gasteiger partial charge in [0, 0.05) is 18.3 Å². The molecule has 0 bridgehead atoms. The van der Waals surface area contributed by atoms with Crippen molar-refractivity contribution in [3.8, 4) is 0 Å². The highest BCUT2D eigenvalue weighted by Crippen LogP contribution is 2.31. The van der Waals surface area contributed by atoms with Crippen molar-refractivity contribution in [1.82, 2.24) is 10.3 Å². The normalized spacial score (nSPS) is 15.3. The SMILES string of the molecule is C=C[C@H](C)[C@H](O)c1csc([C@H](CC(C)C)OC(=O)NC)n1. The fourth-order valence-corrected chi connectivity index (χ4v) is 2.69. The van der Waals surface area contributed by atoms with E-state index in [0.717, 1.165) is 0 Å². The number of alkyl carbamates (subject to hydrolysis) is 1. The molecule has 6 heteroatoms. The molecule has 0 saturated heterocycles. The number of amides is 1. The Labute approximate surface area is 130 Å². The number of nitrogens with zero attached hydrogens (tertiary/aromatic N) is 1. The van der Waals surface area contributed by atoms with Crippen molar-refractivity contribution in [3.63, 3.8) is 0 Å². The highest BCUT2D eigenvalue weighted by atomic mass is 32.1. The Hall–Kier alpha value is -1.40. The van der Waals surface area contributed by atoms with Crippen LogP contribution >= 0.6 is 11.3 Å². The third-order valence-corrected chi connectivity index (χ3v) is 4.08. The van der Waals surface area contributed by atoms with Crippen molar-refractivity contribution in [2.45, 2.75) is 39.4 Å². The topological polar surface area (TPSA) is 71.5 Å². The van der Waals surface area contributed by atoms with Crippen LogP contribution in [0.25, 0.3) is 0 Å². The standard InChI is InChI=1S/C15H24N2O3S/c1-6-10(4)13(18)11-8-21-14(17-11)12(7-9(2)3)20-15(19)16-5/h6,8-10,12-13,18H,1,7H2,2-5H3,(H,16,19)/t10-,12-,13-/m0/s1. The average Bonchev–Trinajstić information content (AvgIpc) is 2.93. The van der Waals surface area contributed by atoms with Gasteiger partial charge in [-0.05, 0) is 12.3 Å². The molecule has 0 unspecified atom stereocenters. The van der Waals surface area contributed by atoms with Crippen LogP contribution in [0.3, 0.4) is 0 Å². The number of thiazole rings is 1. The molecule has 118 valence electrons. The number of aliphatic hydroxyl groups is 1. The lowest BCUT2D eigenvalue weighted by atomic mass is 10.0. The number of carbonyl (C=O) groups excluding carboxylic acids is 1. The van der Waals surface area contributed by atoms with Crippen LogP contribution in [0.15, 0.2) is 18.0 Å². The van der Waals surface area contributed by atoms with Crippen LogP contribution in [0, 0.1) is 11.8 Å². The first kappa shape index (κ1) is 17.7. The Morgan fingerprint density at radius 1 is 1.57 bits per heavy atom. The maximum atomic E-state index is 11.5. The van der Waals surface area contributed by atoms with E-state index in [1.165, 1.54) is 18.4 Å². The molecule has 5 nitrogen and oxygen atoms in total. The summed E-state index contributed by atoms with van der Waals surface area (Å²) in [5, 5.41) is 15.1. The molecular weight excluding hydrogens is 288 g/mol. The van der Waals surface area contributed by atoms with Crippen LogP contribution < -0.4 is 5.32 Å². The van der Waals surface area contributed by atoms with Crippen molar-refractivity contribution in [3.05, 3.63) is 28.7 Å². The molecule has 0 aliphatic rings. The van der Waals surface area contributed by atoms with Gasteiger partial charge in [-0.25, -0.2) is 9.78 Å². The average molecular weight is 312 g/mol. The van der Waals surface area contributed by atoms with Gasteiger partial charge in [0.05, 0.1) is 5.69 Å². The summed E-state index contributed by atoms with van der Waals surface area (Å²) < 4.78 is 5.37. The minimum absolute atomic E-state index is 0.0802. The highest BCUT2D eigenvalue weighted by molar-refractivity contribution is 7.09. The Balaban J connectivity index is 2.90. The summed E-state index contributed by atoms with van der Waals surface area (Å²) in [4.78, 5) is 15.9. The molecular formula is C15H24N2O3S. The monoisotopic (exact) mass is 312 g/mol. The Morgan fingerprint density at radius 2 is 2.24 bits per heavy atom. The first-order chi connectivity index (χ1) is 9.88. The molecule has 0 aromatic carbocycles. The molecule has 1 aromatic heterocycles. The lowest BCUT2D eigenvalue weighted by Gasteiger charge is -2.17. The third-order valence-electron chi connectivity index (χ3n) is 3.13. The Morgan fingerprint density at radius 3 is 2.76 bits per heavy atom. The summed E-state index contributed by atoms with van der Waals surface area (Å²) in [6.07, 6.45) is 0.823. The molecule has 0 saturated carbocycles. The first-order valence-electron chi connectivity index (χ1n) is 7.03. The second kappa shape index (κ2) is 8.14. The molecule has 0 fully saturated rings. The van der Waals surface area contributed by atoms with Crippen LogP contribution in [-0.2, 0) is 4.74 Å². The number of ether oxygens (including phenoxy) is 1. The zero-order chi connectivity index (χ0) is 16.0. The number of nitrogens with one attached hydrogen (secondary N) is 1. The Kier molecular flexibility index (Phi) is 6.84. The van der Waals surface area contributed by atoms with E-state index in [4.69, 9.17) is 4.74 Å². The summed E-state index contributed by atoms with van der Waals surface area (Å²) in [5.74, 6) is 0.285. The summed E-state index contributed by atoms with van der Waals surface area (Å²) in [5.41, 5.74) is 0.594. The van der Waals surface area contributed by atoms with Crippen molar-refractivity contribution in [1.29, 1.82) is 0 Å². The van der Waals surface area contributed by atoms with Crippen molar-refractivity contribution in [2.75, 3.05) is 7.05 Å². The fraction of sp³-hybridized carbons (Fsp3) is 0.600. The van der Waals surface area contributed by atoms with E-state index < -0.39 is 18.3 Å². The number of hydrogen-bond donors (Lipinski definition) is 2. The van der Waals surface area contributed by atoms with Gasteiger partial charge in [0.25, 0.3) is 0 Å². The minimum atomic E-state index is -0.688. The summed E-state index contributed by atoms with van der Waals surface area (Å²) >= 11 is 1.40. The van der Waals surface area contributed by atoms with E-state index in [9.17, 15) is 9.90 Å². The van der Waals surface area contributed by atoms with Crippen LogP contribution in [0.4, 0.5) is 4.79 Å². The third kappa shape index (κ3) is 5.13. The number of aromatic nitrogens is 1. The number of rotatable bonds is 7. The van der Waals surface area contributed by atoms with Crippen LogP contribution in [0.5, 0.6) is 0 Å². The molecule has 3 atom stereocenters. The highest BCUT2D eigenvalue weighted by Gasteiger charge is 2.24. The van der Waals surface area contributed by atoms with Crippen LogP contribution in [0.1, 0.15) is 50.1 Å². The maximum Gasteiger partial charge on any atom is 0.407 e. The molecule has 0 radical (unpaired) electrons. The summed E-state index contributed by atoms with van der Waals surface area (Å²) in [6, 6.07) is 0. The van der Waals surface area contributed by atoms with Gasteiger partial charge in [-0.2, -0.15) is 0 Å². The van der Waals surface area contributed by atoms with Crippen LogP contribution in [0.2, 0.25) is 0 Å². The van der Waals surface area contributed by atoms with Gasteiger partial charge in [0.2, 0.25) is 0 Å². The van der Waals surface area contributed by atoms with E-state index >= 15 is 0 Å². The van der Waals surface area contributed by atoms with Gasteiger partial charge in [-0.15, -0.1) is 17.9 Å². The zero-order valence-corrected chi connectivity index (χ0v) is 13.8. The summed E-state index contributed by atoms with van der Waals surface area (Å²) in [7, 11) is 1.53. The van der Waals surface area contributed by atoms with Crippen molar-refractivity contribution in [2.24, 2.45) is 11.8 Å². The smallest absolute Gasteiger partial charge is 0.407 e. The lowest BCUT2D eigenvalue weighted by molar-refractivity contribution is 0.0858. The lowest BCUT2D eigenvalue weighted by Crippen LogP contribution is -2.22. The van der Waals surface area contributed by atoms with Crippen LogP contribution in [-0.4, -0.2) is 23.2 Å². The predicted molar refractivity (Wildman–Crippen MR) is 84.2 cm³/mol. The summed E-state index contributed by atoms with van der Waals surface area (Å²) in [6.45, 7) is 9.67.